The summed E-state index contributed by atoms with van der Waals surface area (Å²) >= 11 is 0. The zero-order valence-electron chi connectivity index (χ0n) is 18.4. The third-order valence-corrected chi connectivity index (χ3v) is 6.53. The Hall–Kier alpha value is -3.55. The molecule has 170 valence electrons. The van der Waals surface area contributed by atoms with Gasteiger partial charge in [-0.15, -0.1) is 0 Å². The molecule has 0 unspecified atom stereocenters. The third kappa shape index (κ3) is 4.13. The summed E-state index contributed by atoms with van der Waals surface area (Å²) in [4.78, 5) is 41.1. The molecule has 0 bridgehead atoms. The maximum atomic E-state index is 14.7. The standard InChI is InChI=1S/C25H25FN4O3/c1-15-14-29(24(32)17-7-8-17)10-11-30(15)25(33)20-12-16(6-9-21(20)26)13-22-18-4-2-3-5-19(18)23(31)28-27-22/h2-6,9,12,15,17H,7-8,10-11,13-14H2,1H3,(H,28,31)/t15-/m1/s1. The molecule has 2 heterocycles. The Labute approximate surface area is 190 Å². The van der Waals surface area contributed by atoms with Gasteiger partial charge in [0.25, 0.3) is 11.5 Å². The van der Waals surface area contributed by atoms with Crippen molar-refractivity contribution in [3.8, 4) is 0 Å². The minimum absolute atomic E-state index is 0.00931. The van der Waals surface area contributed by atoms with Crippen molar-refractivity contribution in [2.24, 2.45) is 5.92 Å². The monoisotopic (exact) mass is 448 g/mol. The highest BCUT2D eigenvalue weighted by Gasteiger charge is 2.37. The minimum Gasteiger partial charge on any atom is -0.339 e. The van der Waals surface area contributed by atoms with Crippen molar-refractivity contribution in [3.63, 3.8) is 0 Å². The van der Waals surface area contributed by atoms with Crippen LogP contribution in [0, 0.1) is 11.7 Å². The van der Waals surface area contributed by atoms with Crippen LogP contribution in [0.3, 0.4) is 0 Å². The molecule has 1 N–H and O–H groups in total. The van der Waals surface area contributed by atoms with Gasteiger partial charge in [0.15, 0.2) is 0 Å². The van der Waals surface area contributed by atoms with Gasteiger partial charge in [0, 0.05) is 43.4 Å². The molecule has 1 aliphatic heterocycles. The first-order valence-corrected chi connectivity index (χ1v) is 11.3. The summed E-state index contributed by atoms with van der Waals surface area (Å²) in [5.41, 5.74) is 1.11. The van der Waals surface area contributed by atoms with Gasteiger partial charge in [0.1, 0.15) is 5.82 Å². The molecule has 8 heteroatoms. The predicted molar refractivity (Wildman–Crippen MR) is 121 cm³/mol. The molecule has 7 nitrogen and oxygen atoms in total. The number of nitrogens with zero attached hydrogens (tertiary/aromatic N) is 3. The number of hydrogen-bond donors (Lipinski definition) is 1. The van der Waals surface area contributed by atoms with Crippen LogP contribution in [0.15, 0.2) is 47.3 Å². The lowest BCUT2D eigenvalue weighted by molar-refractivity contribution is -0.135. The Morgan fingerprint density at radius 1 is 1.12 bits per heavy atom. The number of carbonyl (C=O) groups excluding carboxylic acids is 2. The largest absolute Gasteiger partial charge is 0.339 e. The lowest BCUT2D eigenvalue weighted by atomic mass is 10.0. The first-order chi connectivity index (χ1) is 15.9. The Kier molecular flexibility index (Phi) is 5.44. The van der Waals surface area contributed by atoms with E-state index in [4.69, 9.17) is 0 Å². The Morgan fingerprint density at radius 3 is 2.61 bits per heavy atom. The van der Waals surface area contributed by atoms with Crippen molar-refractivity contribution in [3.05, 3.63) is 75.5 Å². The van der Waals surface area contributed by atoms with Crippen molar-refractivity contribution < 1.29 is 14.0 Å². The van der Waals surface area contributed by atoms with Crippen LogP contribution in [0.4, 0.5) is 4.39 Å². The fourth-order valence-corrected chi connectivity index (χ4v) is 4.55. The summed E-state index contributed by atoms with van der Waals surface area (Å²) in [6, 6.07) is 11.5. The lowest BCUT2D eigenvalue weighted by Crippen LogP contribution is -2.55. The maximum Gasteiger partial charge on any atom is 0.272 e. The predicted octanol–water partition coefficient (Wildman–Crippen LogP) is 2.74. The molecule has 1 aromatic heterocycles. The van der Waals surface area contributed by atoms with Gasteiger partial charge >= 0.3 is 0 Å². The van der Waals surface area contributed by atoms with Gasteiger partial charge in [-0.05, 0) is 43.5 Å². The fourth-order valence-electron chi connectivity index (χ4n) is 4.55. The molecule has 2 fully saturated rings. The number of amides is 2. The van der Waals surface area contributed by atoms with Crippen LogP contribution in [0.2, 0.25) is 0 Å². The van der Waals surface area contributed by atoms with Crippen molar-refractivity contribution in [2.75, 3.05) is 19.6 Å². The van der Waals surface area contributed by atoms with Crippen LogP contribution < -0.4 is 5.56 Å². The highest BCUT2D eigenvalue weighted by Crippen LogP contribution is 2.32. The Bertz CT molecular complexity index is 1300. The van der Waals surface area contributed by atoms with Crippen LogP contribution in [0.25, 0.3) is 10.8 Å². The zero-order valence-corrected chi connectivity index (χ0v) is 18.4. The van der Waals surface area contributed by atoms with Crippen molar-refractivity contribution in [2.45, 2.75) is 32.2 Å². The van der Waals surface area contributed by atoms with E-state index in [0.717, 1.165) is 23.8 Å². The number of aromatic nitrogens is 2. The molecule has 33 heavy (non-hydrogen) atoms. The van der Waals surface area contributed by atoms with E-state index in [-0.39, 0.29) is 34.9 Å². The van der Waals surface area contributed by atoms with E-state index in [0.29, 0.717) is 37.1 Å². The van der Waals surface area contributed by atoms with Gasteiger partial charge in [-0.3, -0.25) is 14.4 Å². The van der Waals surface area contributed by atoms with E-state index in [9.17, 15) is 18.8 Å². The number of benzene rings is 2. The number of aromatic amines is 1. The molecule has 1 atom stereocenters. The van der Waals surface area contributed by atoms with Gasteiger partial charge in [0.05, 0.1) is 16.6 Å². The number of H-pyrrole nitrogens is 1. The molecule has 2 amide bonds. The average Bonchev–Trinajstić information content (AvgIpc) is 3.67. The molecule has 2 aromatic carbocycles. The topological polar surface area (TPSA) is 86.4 Å². The van der Waals surface area contributed by atoms with Gasteiger partial charge in [-0.2, -0.15) is 5.10 Å². The molecule has 3 aromatic rings. The Balaban J connectivity index is 1.37. The number of fused-ring (bicyclic) bond motifs is 1. The van der Waals surface area contributed by atoms with Crippen LogP contribution in [0.5, 0.6) is 0 Å². The first kappa shape index (κ1) is 21.3. The highest BCUT2D eigenvalue weighted by atomic mass is 19.1. The first-order valence-electron chi connectivity index (χ1n) is 11.3. The number of halogens is 1. The minimum atomic E-state index is -0.577. The van der Waals surface area contributed by atoms with Crippen LogP contribution in [-0.4, -0.2) is 57.5 Å². The van der Waals surface area contributed by atoms with Crippen molar-refractivity contribution in [1.82, 2.24) is 20.0 Å². The molecule has 1 saturated carbocycles. The molecular formula is C25H25FN4O3. The molecule has 1 aliphatic carbocycles. The van der Waals surface area contributed by atoms with E-state index in [1.165, 1.54) is 6.07 Å². The second kappa shape index (κ2) is 8.42. The number of piperazine rings is 1. The SMILES string of the molecule is C[C@@H]1CN(C(=O)C2CC2)CCN1C(=O)c1cc(Cc2n[nH]c(=O)c3ccccc23)ccc1F. The fraction of sp³-hybridized carbons (Fsp3) is 0.360. The smallest absolute Gasteiger partial charge is 0.272 e. The number of hydrogen-bond acceptors (Lipinski definition) is 4. The Morgan fingerprint density at radius 2 is 1.88 bits per heavy atom. The average molecular weight is 448 g/mol. The van der Waals surface area contributed by atoms with Gasteiger partial charge < -0.3 is 9.80 Å². The van der Waals surface area contributed by atoms with Crippen LogP contribution in [-0.2, 0) is 11.2 Å². The highest BCUT2D eigenvalue weighted by molar-refractivity contribution is 5.95. The molecule has 2 aliphatic rings. The van der Waals surface area contributed by atoms with Crippen LogP contribution in [0.1, 0.15) is 41.4 Å². The molecule has 5 rings (SSSR count). The number of rotatable bonds is 4. The molecule has 0 spiro atoms. The van der Waals surface area contributed by atoms with E-state index in [1.54, 1.807) is 29.2 Å². The van der Waals surface area contributed by atoms with Gasteiger partial charge in [0.2, 0.25) is 5.91 Å². The summed E-state index contributed by atoms with van der Waals surface area (Å²) in [6.45, 7) is 3.21. The zero-order chi connectivity index (χ0) is 23.1. The normalized spacial score (nSPS) is 18.5. The quantitative estimate of drug-likeness (QED) is 0.665. The van der Waals surface area contributed by atoms with Gasteiger partial charge in [-0.1, -0.05) is 24.3 Å². The lowest BCUT2D eigenvalue weighted by Gasteiger charge is -2.40. The second-order valence-electron chi connectivity index (χ2n) is 8.94. The van der Waals surface area contributed by atoms with Crippen molar-refractivity contribution in [1.29, 1.82) is 0 Å². The third-order valence-electron chi connectivity index (χ3n) is 6.53. The molecule has 1 saturated heterocycles. The van der Waals surface area contributed by atoms with Gasteiger partial charge in [-0.25, -0.2) is 9.49 Å². The summed E-state index contributed by atoms with van der Waals surface area (Å²) in [5.74, 6) is -0.639. The van der Waals surface area contributed by atoms with Crippen molar-refractivity contribution >= 4 is 22.6 Å². The van der Waals surface area contributed by atoms with E-state index >= 15 is 0 Å². The van der Waals surface area contributed by atoms with E-state index in [2.05, 4.69) is 10.2 Å². The molecular weight excluding hydrogens is 423 g/mol. The molecule has 0 radical (unpaired) electrons. The number of nitrogens with one attached hydrogen (secondary N) is 1. The van der Waals surface area contributed by atoms with Crippen LogP contribution >= 0.6 is 0 Å². The summed E-state index contributed by atoms with van der Waals surface area (Å²) in [7, 11) is 0. The van der Waals surface area contributed by atoms with E-state index < -0.39 is 5.82 Å². The number of carbonyl (C=O) groups is 2. The summed E-state index contributed by atoms with van der Waals surface area (Å²) < 4.78 is 14.7. The second-order valence-corrected chi connectivity index (χ2v) is 8.94. The summed E-state index contributed by atoms with van der Waals surface area (Å²) in [5, 5.41) is 7.95. The maximum absolute atomic E-state index is 14.7. The summed E-state index contributed by atoms with van der Waals surface area (Å²) in [6.07, 6.45) is 2.24. The van der Waals surface area contributed by atoms with E-state index in [1.807, 2.05) is 24.0 Å².